The third-order valence-electron chi connectivity index (χ3n) is 1.30. The smallest absolute Gasteiger partial charge is 0.308 e. The number of benzene rings is 1. The van der Waals surface area contributed by atoms with E-state index in [4.69, 9.17) is 4.74 Å². The van der Waals surface area contributed by atoms with E-state index >= 15 is 0 Å². The normalized spacial score (nSPS) is 7.19. The van der Waals surface area contributed by atoms with E-state index in [0.29, 0.717) is 17.6 Å². The van der Waals surface area contributed by atoms with Crippen LogP contribution in [-0.2, 0) is 37.5 Å². The van der Waals surface area contributed by atoms with Crippen LogP contribution >= 0.6 is 0 Å². The zero-order valence-corrected chi connectivity index (χ0v) is 13.0. The molecule has 0 unspecified atom stereocenters. The zero-order chi connectivity index (χ0) is 11.0. The molecule has 1 rings (SSSR count). The molecule has 0 amide bonds. The Bertz CT molecular complexity index is 311. The summed E-state index contributed by atoms with van der Waals surface area (Å²) in [7, 11) is 0. The van der Waals surface area contributed by atoms with Gasteiger partial charge in [-0.05, 0) is 12.1 Å². The number of hydrogen-bond donors (Lipinski definition) is 0. The molecule has 0 heterocycles. The first-order valence-corrected chi connectivity index (χ1v) is 4.46. The molecule has 3 nitrogen and oxygen atoms in total. The molecule has 0 saturated heterocycles. The van der Waals surface area contributed by atoms with Gasteiger partial charge in [-0.3, -0.25) is 9.59 Å². The molecular weight excluding hydrogens is 281 g/mol. The summed E-state index contributed by atoms with van der Waals surface area (Å²) in [5.41, 5.74) is 0.382. The minimum absolute atomic E-state index is 0. The van der Waals surface area contributed by atoms with E-state index in [2.05, 4.69) is 0 Å². The number of carbonyl (C=O) groups excluding carboxylic acids is 2. The van der Waals surface area contributed by atoms with Crippen LogP contribution in [0, 0.1) is 7.43 Å². The van der Waals surface area contributed by atoms with Gasteiger partial charge in [0.2, 0.25) is 0 Å². The van der Waals surface area contributed by atoms with Crippen LogP contribution in [0.15, 0.2) is 24.3 Å². The van der Waals surface area contributed by atoms with Gasteiger partial charge in [-0.1, -0.05) is 26.0 Å². The molecule has 0 aliphatic heterocycles. The maximum Gasteiger partial charge on any atom is 0.308 e. The van der Waals surface area contributed by atoms with Crippen LogP contribution in [0.5, 0.6) is 5.75 Å². The van der Waals surface area contributed by atoms with Gasteiger partial charge in [-0.15, -0.1) is 0 Å². The SMILES string of the molecule is CC.CC(=O)Oc1ccccc1C=O.[CH3-].[Y]. The molecular formula is C12H17O3Y-. The molecule has 0 aliphatic carbocycles. The van der Waals surface area contributed by atoms with Crippen molar-refractivity contribution < 1.29 is 47.0 Å². The fourth-order valence-corrected chi connectivity index (χ4v) is 0.826. The average Bonchev–Trinajstić information content (AvgIpc) is 2.21. The van der Waals surface area contributed by atoms with Crippen LogP contribution < -0.4 is 4.74 Å². The summed E-state index contributed by atoms with van der Waals surface area (Å²) < 4.78 is 4.77. The van der Waals surface area contributed by atoms with E-state index < -0.39 is 5.97 Å². The Labute approximate surface area is 122 Å². The van der Waals surface area contributed by atoms with Crippen LogP contribution in [-0.4, -0.2) is 12.3 Å². The topological polar surface area (TPSA) is 43.4 Å². The number of rotatable bonds is 2. The van der Waals surface area contributed by atoms with Gasteiger partial charge in [0.05, 0.1) is 5.56 Å². The Hall–Kier alpha value is -0.536. The summed E-state index contributed by atoms with van der Waals surface area (Å²) in [6.07, 6.45) is 0.651. The fraction of sp³-hybridized carbons (Fsp3) is 0.250. The molecule has 0 saturated carbocycles. The Kier molecular flexibility index (Phi) is 16.3. The molecule has 1 radical (unpaired) electrons. The van der Waals surface area contributed by atoms with E-state index in [9.17, 15) is 9.59 Å². The molecule has 16 heavy (non-hydrogen) atoms. The second-order valence-corrected chi connectivity index (χ2v) is 2.25. The van der Waals surface area contributed by atoms with E-state index in [-0.39, 0.29) is 40.1 Å². The molecule has 0 aliphatic rings. The minimum Gasteiger partial charge on any atom is -0.426 e. The Morgan fingerprint density at radius 2 is 1.75 bits per heavy atom. The number of hydrogen-bond acceptors (Lipinski definition) is 3. The predicted molar refractivity (Wildman–Crippen MR) is 60.9 cm³/mol. The molecule has 87 valence electrons. The summed E-state index contributed by atoms with van der Waals surface area (Å²) in [6.45, 7) is 5.29. The molecule has 0 N–H and O–H groups in total. The number of para-hydroxylation sites is 1. The molecule has 1 aromatic rings. The van der Waals surface area contributed by atoms with Gasteiger partial charge >= 0.3 is 5.97 Å². The Balaban J connectivity index is -0.000000399. The maximum atomic E-state index is 10.5. The largest absolute Gasteiger partial charge is 0.426 e. The third-order valence-corrected chi connectivity index (χ3v) is 1.30. The molecule has 0 atom stereocenters. The molecule has 4 heteroatoms. The summed E-state index contributed by atoms with van der Waals surface area (Å²) >= 11 is 0. The molecule has 0 fully saturated rings. The van der Waals surface area contributed by atoms with Crippen molar-refractivity contribution in [2.24, 2.45) is 0 Å². The van der Waals surface area contributed by atoms with Crippen molar-refractivity contribution in [3.05, 3.63) is 37.3 Å². The second-order valence-electron chi connectivity index (χ2n) is 2.25. The fourth-order valence-electron chi connectivity index (χ4n) is 0.826. The van der Waals surface area contributed by atoms with Crippen LogP contribution in [0.25, 0.3) is 0 Å². The summed E-state index contributed by atoms with van der Waals surface area (Å²) in [5, 5.41) is 0. The zero-order valence-electron chi connectivity index (χ0n) is 10.2. The molecule has 0 aromatic heterocycles. The van der Waals surface area contributed by atoms with Crippen molar-refractivity contribution in [3.63, 3.8) is 0 Å². The van der Waals surface area contributed by atoms with E-state index in [1.165, 1.54) is 6.92 Å². The summed E-state index contributed by atoms with van der Waals surface area (Å²) in [6, 6.07) is 6.57. The van der Waals surface area contributed by atoms with E-state index in [1.54, 1.807) is 24.3 Å². The van der Waals surface area contributed by atoms with Crippen molar-refractivity contribution in [1.29, 1.82) is 0 Å². The number of carbonyl (C=O) groups is 2. The van der Waals surface area contributed by atoms with Gasteiger partial charge in [0.25, 0.3) is 0 Å². The Morgan fingerprint density at radius 1 is 1.25 bits per heavy atom. The first-order chi connectivity index (χ1) is 6.74. The molecule has 0 spiro atoms. The predicted octanol–water partition coefficient (Wildman–Crippen LogP) is 2.90. The standard InChI is InChI=1S/C9H8O3.C2H6.CH3.Y/c1-7(11)12-9-5-3-2-4-8(9)6-10;1-2;;/h2-6H,1H3;1-2H3;1H3;/q;;-1;. The first-order valence-electron chi connectivity index (χ1n) is 4.46. The van der Waals surface area contributed by atoms with Gasteiger partial charge in [0.1, 0.15) is 5.75 Å². The maximum absolute atomic E-state index is 10.5. The van der Waals surface area contributed by atoms with Crippen LogP contribution in [0.4, 0.5) is 0 Å². The molecule has 1 aromatic carbocycles. The number of ether oxygens (including phenoxy) is 1. The van der Waals surface area contributed by atoms with Crippen molar-refractivity contribution in [1.82, 2.24) is 0 Å². The first kappa shape index (κ1) is 20.8. The van der Waals surface area contributed by atoms with Crippen LogP contribution in [0.3, 0.4) is 0 Å². The van der Waals surface area contributed by atoms with Crippen molar-refractivity contribution >= 4 is 12.3 Å². The average molecular weight is 298 g/mol. The minimum atomic E-state index is -0.427. The van der Waals surface area contributed by atoms with Gasteiger partial charge in [0.15, 0.2) is 6.29 Å². The van der Waals surface area contributed by atoms with Gasteiger partial charge in [-0.2, -0.15) is 0 Å². The van der Waals surface area contributed by atoms with E-state index in [1.807, 2.05) is 13.8 Å². The third kappa shape index (κ3) is 7.72. The quantitative estimate of drug-likeness (QED) is 0.365. The summed E-state index contributed by atoms with van der Waals surface area (Å²) in [5.74, 6) is -0.121. The van der Waals surface area contributed by atoms with Crippen LogP contribution in [0.2, 0.25) is 0 Å². The van der Waals surface area contributed by atoms with Gasteiger partial charge in [-0.25, -0.2) is 0 Å². The van der Waals surface area contributed by atoms with E-state index in [0.717, 1.165) is 0 Å². The van der Waals surface area contributed by atoms with Crippen molar-refractivity contribution in [3.8, 4) is 5.75 Å². The Morgan fingerprint density at radius 3 is 2.19 bits per heavy atom. The molecule has 0 bridgehead atoms. The van der Waals surface area contributed by atoms with Crippen molar-refractivity contribution in [2.75, 3.05) is 0 Å². The second kappa shape index (κ2) is 12.5. The van der Waals surface area contributed by atoms with Gasteiger partial charge < -0.3 is 12.2 Å². The number of esters is 1. The monoisotopic (exact) mass is 298 g/mol. The van der Waals surface area contributed by atoms with Gasteiger partial charge in [0, 0.05) is 39.6 Å². The number of aldehydes is 1. The summed E-state index contributed by atoms with van der Waals surface area (Å²) in [4.78, 5) is 21.0. The van der Waals surface area contributed by atoms with Crippen molar-refractivity contribution in [2.45, 2.75) is 20.8 Å². The van der Waals surface area contributed by atoms with Crippen LogP contribution in [0.1, 0.15) is 31.1 Å².